The minimum absolute atomic E-state index is 0.792. The summed E-state index contributed by atoms with van der Waals surface area (Å²) in [6, 6.07) is 0. The fourth-order valence-corrected chi connectivity index (χ4v) is 0.637. The van der Waals surface area contributed by atoms with Gasteiger partial charge in [0.15, 0.2) is 0 Å². The minimum Gasteiger partial charge on any atom is -0.385 e. The van der Waals surface area contributed by atoms with Crippen LogP contribution in [0.15, 0.2) is 0 Å². The fourth-order valence-electron chi connectivity index (χ4n) is 0.637. The lowest BCUT2D eigenvalue weighted by atomic mass is 9.95. The summed E-state index contributed by atoms with van der Waals surface area (Å²) in [5.74, 6) is 1.59. The minimum atomic E-state index is 0.792. The van der Waals surface area contributed by atoms with Crippen molar-refractivity contribution in [3.8, 4) is 0 Å². The first-order valence-corrected chi connectivity index (χ1v) is 4.67. The van der Waals surface area contributed by atoms with E-state index in [1.54, 1.807) is 7.11 Å². The van der Waals surface area contributed by atoms with E-state index >= 15 is 0 Å². The van der Waals surface area contributed by atoms with E-state index in [1.165, 1.54) is 6.42 Å². The molecule has 0 aromatic heterocycles. The highest BCUT2D eigenvalue weighted by molar-refractivity contribution is 4.55. The van der Waals surface area contributed by atoms with E-state index < -0.39 is 0 Å². The molecule has 0 aromatic rings. The molecule has 70 valence electrons. The summed E-state index contributed by atoms with van der Waals surface area (Å²) in [6.07, 6.45) is 1.19. The van der Waals surface area contributed by atoms with Gasteiger partial charge in [0.25, 0.3) is 0 Å². The van der Waals surface area contributed by atoms with E-state index in [-0.39, 0.29) is 0 Å². The Labute approximate surface area is 72.1 Å². The van der Waals surface area contributed by atoms with Crippen LogP contribution in [0.3, 0.4) is 0 Å². The molecule has 0 N–H and O–H groups in total. The molecule has 1 nitrogen and oxygen atoms in total. The summed E-state index contributed by atoms with van der Waals surface area (Å²) in [4.78, 5) is 0. The van der Waals surface area contributed by atoms with Crippen molar-refractivity contribution < 1.29 is 4.74 Å². The Morgan fingerprint density at radius 2 is 1.55 bits per heavy atom. The molecule has 0 saturated heterocycles. The molecule has 1 atom stereocenters. The van der Waals surface area contributed by atoms with Crippen molar-refractivity contribution >= 4 is 0 Å². The number of hydrogen-bond donors (Lipinski definition) is 0. The van der Waals surface area contributed by atoms with E-state index in [0.29, 0.717) is 0 Å². The second kappa shape index (κ2) is 9.96. The number of hydrogen-bond acceptors (Lipinski definition) is 1. The molecule has 0 rings (SSSR count). The zero-order chi connectivity index (χ0) is 9.28. The van der Waals surface area contributed by atoms with Crippen LogP contribution < -0.4 is 0 Å². The van der Waals surface area contributed by atoms with Gasteiger partial charge in [-0.05, 0) is 18.3 Å². The standard InChI is InChI=1S/C8H18O.C2H6/c1-7(2)8(3)5-6-9-4;1-2/h7-8H,5-6H2,1-4H3;1-2H3. The third-order valence-corrected chi connectivity index (χ3v) is 1.92. The number of methoxy groups -OCH3 is 1. The van der Waals surface area contributed by atoms with Gasteiger partial charge < -0.3 is 4.74 Å². The number of rotatable bonds is 4. The van der Waals surface area contributed by atoms with Gasteiger partial charge >= 0.3 is 0 Å². The Balaban J connectivity index is 0. The molecule has 0 spiro atoms. The van der Waals surface area contributed by atoms with Crippen LogP contribution in [-0.4, -0.2) is 13.7 Å². The first kappa shape index (κ1) is 13.5. The lowest BCUT2D eigenvalue weighted by Gasteiger charge is -2.13. The lowest BCUT2D eigenvalue weighted by Crippen LogP contribution is -2.06. The normalized spacial score (nSPS) is 12.3. The highest BCUT2D eigenvalue weighted by atomic mass is 16.5. The van der Waals surface area contributed by atoms with Gasteiger partial charge in [-0.15, -0.1) is 0 Å². The molecule has 0 fully saturated rings. The van der Waals surface area contributed by atoms with Crippen molar-refractivity contribution in [3.05, 3.63) is 0 Å². The third kappa shape index (κ3) is 9.96. The van der Waals surface area contributed by atoms with Crippen molar-refractivity contribution in [3.63, 3.8) is 0 Å². The molecule has 0 aliphatic heterocycles. The van der Waals surface area contributed by atoms with Crippen molar-refractivity contribution in [1.82, 2.24) is 0 Å². The Bertz CT molecular complexity index is 59.9. The van der Waals surface area contributed by atoms with Crippen LogP contribution >= 0.6 is 0 Å². The molecule has 11 heavy (non-hydrogen) atoms. The van der Waals surface area contributed by atoms with Crippen molar-refractivity contribution in [2.24, 2.45) is 11.8 Å². The van der Waals surface area contributed by atoms with Crippen molar-refractivity contribution in [1.29, 1.82) is 0 Å². The molecule has 0 bridgehead atoms. The summed E-state index contributed by atoms with van der Waals surface area (Å²) in [5.41, 5.74) is 0. The van der Waals surface area contributed by atoms with Crippen molar-refractivity contribution in [2.75, 3.05) is 13.7 Å². The SMILES string of the molecule is CC.COCCC(C)C(C)C. The van der Waals surface area contributed by atoms with E-state index in [1.807, 2.05) is 13.8 Å². The Morgan fingerprint density at radius 1 is 1.09 bits per heavy atom. The molecule has 0 aliphatic carbocycles. The molecule has 0 aliphatic rings. The lowest BCUT2D eigenvalue weighted by molar-refractivity contribution is 0.170. The first-order chi connectivity index (χ1) is 5.18. The maximum Gasteiger partial charge on any atom is 0.0464 e. The molecular weight excluding hydrogens is 136 g/mol. The summed E-state index contributed by atoms with van der Waals surface area (Å²) < 4.78 is 4.96. The van der Waals surface area contributed by atoms with E-state index in [4.69, 9.17) is 4.74 Å². The van der Waals surface area contributed by atoms with Gasteiger partial charge in [-0.25, -0.2) is 0 Å². The Hall–Kier alpha value is -0.0400. The number of ether oxygens (including phenoxy) is 1. The largest absolute Gasteiger partial charge is 0.385 e. The van der Waals surface area contributed by atoms with E-state index in [9.17, 15) is 0 Å². The predicted molar refractivity (Wildman–Crippen MR) is 51.8 cm³/mol. The summed E-state index contributed by atoms with van der Waals surface area (Å²) in [6.45, 7) is 11.7. The molecule has 0 amide bonds. The summed E-state index contributed by atoms with van der Waals surface area (Å²) in [7, 11) is 1.76. The van der Waals surface area contributed by atoms with Crippen LogP contribution in [0.25, 0.3) is 0 Å². The quantitative estimate of drug-likeness (QED) is 0.613. The highest BCUT2D eigenvalue weighted by Gasteiger charge is 2.04. The highest BCUT2D eigenvalue weighted by Crippen LogP contribution is 2.12. The van der Waals surface area contributed by atoms with Crippen LogP contribution in [0.1, 0.15) is 41.0 Å². The maximum atomic E-state index is 4.96. The average molecular weight is 160 g/mol. The van der Waals surface area contributed by atoms with Crippen LogP contribution in [0.2, 0.25) is 0 Å². The van der Waals surface area contributed by atoms with E-state index in [0.717, 1.165) is 18.4 Å². The molecule has 1 unspecified atom stereocenters. The van der Waals surface area contributed by atoms with Gasteiger partial charge in [0.1, 0.15) is 0 Å². The average Bonchev–Trinajstić information content (AvgIpc) is 2.03. The van der Waals surface area contributed by atoms with Crippen LogP contribution in [-0.2, 0) is 4.74 Å². The van der Waals surface area contributed by atoms with Crippen LogP contribution in [0, 0.1) is 11.8 Å². The topological polar surface area (TPSA) is 9.23 Å². The maximum absolute atomic E-state index is 4.96. The molecule has 0 radical (unpaired) electrons. The zero-order valence-corrected chi connectivity index (χ0v) is 8.98. The van der Waals surface area contributed by atoms with Gasteiger partial charge in [-0.3, -0.25) is 0 Å². The molecular formula is C10H24O. The fraction of sp³-hybridized carbons (Fsp3) is 1.00. The van der Waals surface area contributed by atoms with Gasteiger partial charge in [0, 0.05) is 13.7 Å². The van der Waals surface area contributed by atoms with Crippen molar-refractivity contribution in [2.45, 2.75) is 41.0 Å². The Kier molecular flexibility index (Phi) is 12.3. The summed E-state index contributed by atoms with van der Waals surface area (Å²) >= 11 is 0. The van der Waals surface area contributed by atoms with Gasteiger partial charge in [-0.1, -0.05) is 34.6 Å². The third-order valence-electron chi connectivity index (χ3n) is 1.92. The molecule has 0 aromatic carbocycles. The summed E-state index contributed by atoms with van der Waals surface area (Å²) in [5, 5.41) is 0. The second-order valence-corrected chi connectivity index (χ2v) is 3.00. The first-order valence-electron chi connectivity index (χ1n) is 4.67. The van der Waals surface area contributed by atoms with Gasteiger partial charge in [0.05, 0.1) is 0 Å². The zero-order valence-electron chi connectivity index (χ0n) is 8.98. The van der Waals surface area contributed by atoms with Crippen LogP contribution in [0.4, 0.5) is 0 Å². The van der Waals surface area contributed by atoms with Gasteiger partial charge in [0.2, 0.25) is 0 Å². The van der Waals surface area contributed by atoms with Gasteiger partial charge in [-0.2, -0.15) is 0 Å². The molecule has 1 heteroatoms. The second-order valence-electron chi connectivity index (χ2n) is 3.00. The molecule has 0 saturated carbocycles. The Morgan fingerprint density at radius 3 is 1.82 bits per heavy atom. The van der Waals surface area contributed by atoms with Crippen LogP contribution in [0.5, 0.6) is 0 Å². The monoisotopic (exact) mass is 160 g/mol. The van der Waals surface area contributed by atoms with E-state index in [2.05, 4.69) is 20.8 Å². The molecule has 0 heterocycles. The smallest absolute Gasteiger partial charge is 0.0464 e. The predicted octanol–water partition coefficient (Wildman–Crippen LogP) is 3.34.